The number of likely N-dealkylation sites (N-methyl/N-ethyl adjacent to an activating group) is 1. The minimum Gasteiger partial charge on any atom is -0.384 e. The summed E-state index contributed by atoms with van der Waals surface area (Å²) in [6.45, 7) is 7.67. The molecule has 0 spiro atoms. The third kappa shape index (κ3) is 2.30. The molecule has 19 heavy (non-hydrogen) atoms. The number of anilines is 2. The second-order valence-electron chi connectivity index (χ2n) is 5.91. The van der Waals surface area contributed by atoms with E-state index in [0.717, 1.165) is 31.1 Å². The van der Waals surface area contributed by atoms with Gasteiger partial charge in [0, 0.05) is 37.4 Å². The SMILES string of the molecule is C[C@@H]1CN(c2cc3c(cc2Cl)CCN3)C[C@H](C)N1C. The predicted molar refractivity (Wildman–Crippen MR) is 82.5 cm³/mol. The fourth-order valence-electron chi connectivity index (χ4n) is 3.15. The zero-order valence-corrected chi connectivity index (χ0v) is 12.7. The summed E-state index contributed by atoms with van der Waals surface area (Å²) in [5.41, 5.74) is 3.80. The van der Waals surface area contributed by atoms with Crippen molar-refractivity contribution >= 4 is 23.0 Å². The molecule has 2 atom stereocenters. The van der Waals surface area contributed by atoms with Crippen LogP contribution in [0.25, 0.3) is 0 Å². The lowest BCUT2D eigenvalue weighted by molar-refractivity contribution is 0.170. The summed E-state index contributed by atoms with van der Waals surface area (Å²) >= 11 is 6.49. The summed E-state index contributed by atoms with van der Waals surface area (Å²) in [5, 5.41) is 4.34. The van der Waals surface area contributed by atoms with Crippen molar-refractivity contribution in [2.75, 3.05) is 36.9 Å². The third-order valence-corrected chi connectivity index (χ3v) is 4.89. The maximum Gasteiger partial charge on any atom is 0.0643 e. The Labute approximate surface area is 120 Å². The third-order valence-electron chi connectivity index (χ3n) is 4.58. The van der Waals surface area contributed by atoms with E-state index in [1.165, 1.54) is 16.9 Å². The van der Waals surface area contributed by atoms with Crippen molar-refractivity contribution in [2.45, 2.75) is 32.4 Å². The molecule has 0 saturated carbocycles. The van der Waals surface area contributed by atoms with Crippen LogP contribution in [0.2, 0.25) is 5.02 Å². The van der Waals surface area contributed by atoms with Gasteiger partial charge in [-0.25, -0.2) is 0 Å². The minimum absolute atomic E-state index is 0.557. The van der Waals surface area contributed by atoms with Crippen molar-refractivity contribution in [3.8, 4) is 0 Å². The smallest absolute Gasteiger partial charge is 0.0643 e. The topological polar surface area (TPSA) is 18.5 Å². The molecule has 104 valence electrons. The highest BCUT2D eigenvalue weighted by atomic mass is 35.5. The molecule has 2 aliphatic heterocycles. The van der Waals surface area contributed by atoms with Crippen LogP contribution in [-0.4, -0.2) is 43.7 Å². The molecule has 0 unspecified atom stereocenters. The van der Waals surface area contributed by atoms with Crippen molar-refractivity contribution in [1.29, 1.82) is 0 Å². The molecule has 1 aromatic carbocycles. The van der Waals surface area contributed by atoms with Crippen molar-refractivity contribution in [3.63, 3.8) is 0 Å². The standard InChI is InChI=1S/C15H22ClN3/c1-10-8-19(9-11(2)18(10)3)15-7-14-12(4-5-17-14)6-13(15)16/h6-7,10-11,17H,4-5,8-9H2,1-3H3/t10-,11+. The van der Waals surface area contributed by atoms with E-state index in [4.69, 9.17) is 11.6 Å². The largest absolute Gasteiger partial charge is 0.384 e. The van der Waals surface area contributed by atoms with Crippen LogP contribution in [0.4, 0.5) is 11.4 Å². The summed E-state index contributed by atoms with van der Waals surface area (Å²) in [6.07, 6.45) is 1.09. The van der Waals surface area contributed by atoms with E-state index in [-0.39, 0.29) is 0 Å². The van der Waals surface area contributed by atoms with Crippen molar-refractivity contribution in [1.82, 2.24) is 4.90 Å². The highest BCUT2D eigenvalue weighted by Crippen LogP contribution is 2.36. The van der Waals surface area contributed by atoms with Gasteiger partial charge in [-0.05, 0) is 45.0 Å². The number of piperazine rings is 1. The summed E-state index contributed by atoms with van der Waals surface area (Å²) in [6, 6.07) is 5.48. The fourth-order valence-corrected chi connectivity index (χ4v) is 3.46. The zero-order chi connectivity index (χ0) is 13.6. The Hall–Kier alpha value is -0.930. The van der Waals surface area contributed by atoms with Gasteiger partial charge >= 0.3 is 0 Å². The van der Waals surface area contributed by atoms with Crippen LogP contribution in [-0.2, 0) is 6.42 Å². The first kappa shape index (κ1) is 13.1. The molecule has 0 amide bonds. The number of halogens is 1. The first-order valence-corrected chi connectivity index (χ1v) is 7.47. The first-order chi connectivity index (χ1) is 9.06. The monoisotopic (exact) mass is 279 g/mol. The number of nitrogens with one attached hydrogen (secondary N) is 1. The lowest BCUT2D eigenvalue weighted by atomic mass is 10.1. The van der Waals surface area contributed by atoms with E-state index in [9.17, 15) is 0 Å². The van der Waals surface area contributed by atoms with Crippen LogP contribution in [0.1, 0.15) is 19.4 Å². The van der Waals surface area contributed by atoms with Gasteiger partial charge < -0.3 is 10.2 Å². The molecule has 1 fully saturated rings. The number of hydrogen-bond acceptors (Lipinski definition) is 3. The van der Waals surface area contributed by atoms with E-state index in [1.807, 2.05) is 0 Å². The Balaban J connectivity index is 1.90. The quantitative estimate of drug-likeness (QED) is 0.853. The van der Waals surface area contributed by atoms with Crippen molar-refractivity contribution in [3.05, 3.63) is 22.7 Å². The first-order valence-electron chi connectivity index (χ1n) is 7.09. The fraction of sp³-hybridized carbons (Fsp3) is 0.600. The predicted octanol–water partition coefficient (Wildman–Crippen LogP) is 2.84. The highest BCUT2D eigenvalue weighted by Gasteiger charge is 2.28. The van der Waals surface area contributed by atoms with E-state index in [0.29, 0.717) is 12.1 Å². The minimum atomic E-state index is 0.557. The Bertz CT molecular complexity index is 477. The summed E-state index contributed by atoms with van der Waals surface area (Å²) in [7, 11) is 2.21. The average molecular weight is 280 g/mol. The van der Waals surface area contributed by atoms with E-state index in [2.05, 4.69) is 48.1 Å². The van der Waals surface area contributed by atoms with Gasteiger partial charge in [0.05, 0.1) is 10.7 Å². The summed E-state index contributed by atoms with van der Waals surface area (Å²) in [5.74, 6) is 0. The van der Waals surface area contributed by atoms with Crippen LogP contribution in [0.15, 0.2) is 12.1 Å². The molecule has 1 aromatic rings. The molecule has 3 nitrogen and oxygen atoms in total. The molecule has 1 N–H and O–H groups in total. The molecular weight excluding hydrogens is 258 g/mol. The number of hydrogen-bond donors (Lipinski definition) is 1. The average Bonchev–Trinajstić information content (AvgIpc) is 2.81. The normalized spacial score (nSPS) is 27.3. The number of nitrogens with zero attached hydrogens (tertiary/aromatic N) is 2. The zero-order valence-electron chi connectivity index (χ0n) is 11.9. The second kappa shape index (κ2) is 4.88. The molecule has 2 heterocycles. The van der Waals surface area contributed by atoms with E-state index >= 15 is 0 Å². The van der Waals surface area contributed by atoms with Gasteiger partial charge in [0.1, 0.15) is 0 Å². The van der Waals surface area contributed by atoms with Gasteiger partial charge in [0.15, 0.2) is 0 Å². The molecule has 0 aromatic heterocycles. The van der Waals surface area contributed by atoms with Gasteiger partial charge in [-0.15, -0.1) is 0 Å². The summed E-state index contributed by atoms with van der Waals surface area (Å²) < 4.78 is 0. The highest BCUT2D eigenvalue weighted by molar-refractivity contribution is 6.33. The van der Waals surface area contributed by atoms with Gasteiger partial charge in [-0.3, -0.25) is 4.90 Å². The molecule has 0 radical (unpaired) electrons. The van der Waals surface area contributed by atoms with Crippen molar-refractivity contribution < 1.29 is 0 Å². The van der Waals surface area contributed by atoms with Gasteiger partial charge in [0.25, 0.3) is 0 Å². The van der Waals surface area contributed by atoms with Crippen LogP contribution in [0, 0.1) is 0 Å². The van der Waals surface area contributed by atoms with Crippen LogP contribution < -0.4 is 10.2 Å². The molecule has 4 heteroatoms. The Kier molecular flexibility index (Phi) is 3.35. The molecular formula is C15H22ClN3. The second-order valence-corrected chi connectivity index (χ2v) is 6.31. The number of rotatable bonds is 1. The van der Waals surface area contributed by atoms with Gasteiger partial charge in [-0.2, -0.15) is 0 Å². The lowest BCUT2D eigenvalue weighted by Crippen LogP contribution is -2.55. The van der Waals surface area contributed by atoms with E-state index < -0.39 is 0 Å². The molecule has 1 saturated heterocycles. The van der Waals surface area contributed by atoms with Crippen LogP contribution in [0.3, 0.4) is 0 Å². The van der Waals surface area contributed by atoms with Crippen LogP contribution in [0.5, 0.6) is 0 Å². The molecule has 2 aliphatic rings. The molecule has 0 aliphatic carbocycles. The summed E-state index contributed by atoms with van der Waals surface area (Å²) in [4.78, 5) is 4.87. The van der Waals surface area contributed by atoms with Crippen LogP contribution >= 0.6 is 11.6 Å². The van der Waals surface area contributed by atoms with Gasteiger partial charge in [-0.1, -0.05) is 11.6 Å². The van der Waals surface area contributed by atoms with Crippen molar-refractivity contribution in [2.24, 2.45) is 0 Å². The lowest BCUT2D eigenvalue weighted by Gasteiger charge is -2.43. The Morgan fingerprint density at radius 3 is 2.58 bits per heavy atom. The molecule has 3 rings (SSSR count). The Morgan fingerprint density at radius 2 is 1.89 bits per heavy atom. The maximum atomic E-state index is 6.49. The Morgan fingerprint density at radius 1 is 1.21 bits per heavy atom. The molecule has 0 bridgehead atoms. The number of benzene rings is 1. The van der Waals surface area contributed by atoms with E-state index in [1.54, 1.807) is 0 Å². The maximum absolute atomic E-state index is 6.49. The van der Waals surface area contributed by atoms with Gasteiger partial charge in [0.2, 0.25) is 0 Å². The number of fused-ring (bicyclic) bond motifs is 1.